The van der Waals surface area contributed by atoms with Gasteiger partial charge in [-0.3, -0.25) is 4.79 Å². The molecule has 1 unspecified atom stereocenters. The van der Waals surface area contributed by atoms with Crippen molar-refractivity contribution in [2.75, 3.05) is 20.6 Å². The molecular formula is C15H25Cl2N3O. The number of amides is 1. The molecule has 1 saturated heterocycles. The van der Waals surface area contributed by atoms with Crippen molar-refractivity contribution < 1.29 is 4.79 Å². The summed E-state index contributed by atoms with van der Waals surface area (Å²) in [6.45, 7) is 2.49. The molecule has 1 atom stereocenters. The molecule has 1 heterocycles. The molecule has 1 aromatic rings. The number of rotatable bonds is 5. The second-order valence-corrected chi connectivity index (χ2v) is 5.42. The highest BCUT2D eigenvalue weighted by Gasteiger charge is 2.21. The standard InChI is InChI=1S/C15H23N3O.2ClH/c1-18(2)11-13-6-3-5-12(9-13)10-17-15(19)14-7-4-8-16-14;;/h3,5-6,9,14,16H,4,7-8,10-11H2,1-2H3,(H,17,19);2*1H. The van der Waals surface area contributed by atoms with Gasteiger partial charge in [-0.1, -0.05) is 24.3 Å². The predicted molar refractivity (Wildman–Crippen MR) is 91.2 cm³/mol. The maximum absolute atomic E-state index is 11.9. The SMILES string of the molecule is CN(C)Cc1cccc(CNC(=O)C2CCCN2)c1.Cl.Cl. The van der Waals surface area contributed by atoms with E-state index in [9.17, 15) is 4.79 Å². The van der Waals surface area contributed by atoms with Gasteiger partial charge in [-0.15, -0.1) is 24.8 Å². The fourth-order valence-electron chi connectivity index (χ4n) is 2.42. The molecule has 1 aromatic carbocycles. The van der Waals surface area contributed by atoms with Crippen molar-refractivity contribution in [1.82, 2.24) is 15.5 Å². The summed E-state index contributed by atoms with van der Waals surface area (Å²) in [4.78, 5) is 14.0. The van der Waals surface area contributed by atoms with E-state index in [1.165, 1.54) is 5.56 Å². The lowest BCUT2D eigenvalue weighted by Gasteiger charge is -2.13. The lowest BCUT2D eigenvalue weighted by molar-refractivity contribution is -0.122. The Morgan fingerprint density at radius 1 is 1.33 bits per heavy atom. The lowest BCUT2D eigenvalue weighted by atomic mass is 10.1. The molecule has 1 amide bonds. The number of benzene rings is 1. The highest BCUT2D eigenvalue weighted by atomic mass is 35.5. The highest BCUT2D eigenvalue weighted by molar-refractivity contribution is 5.85. The molecule has 0 bridgehead atoms. The zero-order valence-corrected chi connectivity index (χ0v) is 14.2. The Balaban J connectivity index is 0.00000200. The van der Waals surface area contributed by atoms with Crippen LogP contribution >= 0.6 is 24.8 Å². The molecule has 0 spiro atoms. The van der Waals surface area contributed by atoms with Crippen LogP contribution in [0.3, 0.4) is 0 Å². The van der Waals surface area contributed by atoms with E-state index >= 15 is 0 Å². The number of halogens is 2. The minimum atomic E-state index is 0. The van der Waals surface area contributed by atoms with Gasteiger partial charge in [0.2, 0.25) is 5.91 Å². The first kappa shape index (κ1) is 20.2. The normalized spacial score (nSPS) is 17.0. The smallest absolute Gasteiger partial charge is 0.237 e. The molecule has 0 saturated carbocycles. The van der Waals surface area contributed by atoms with E-state index in [0.717, 1.165) is 31.5 Å². The monoisotopic (exact) mass is 333 g/mol. The molecule has 21 heavy (non-hydrogen) atoms. The number of carbonyl (C=O) groups excluding carboxylic acids is 1. The summed E-state index contributed by atoms with van der Waals surface area (Å²) in [6.07, 6.45) is 2.04. The van der Waals surface area contributed by atoms with Crippen LogP contribution in [0.25, 0.3) is 0 Å². The summed E-state index contributed by atoms with van der Waals surface area (Å²) >= 11 is 0. The van der Waals surface area contributed by atoms with E-state index in [1.807, 2.05) is 6.07 Å². The van der Waals surface area contributed by atoms with Gasteiger partial charge < -0.3 is 15.5 Å². The summed E-state index contributed by atoms with van der Waals surface area (Å²) in [7, 11) is 4.11. The van der Waals surface area contributed by atoms with Crippen molar-refractivity contribution in [2.45, 2.75) is 32.0 Å². The molecule has 1 fully saturated rings. The third kappa shape index (κ3) is 6.66. The van der Waals surface area contributed by atoms with Crippen LogP contribution in [0.2, 0.25) is 0 Å². The zero-order chi connectivity index (χ0) is 13.7. The van der Waals surface area contributed by atoms with Crippen LogP contribution < -0.4 is 10.6 Å². The molecule has 2 N–H and O–H groups in total. The van der Waals surface area contributed by atoms with E-state index in [1.54, 1.807) is 0 Å². The number of hydrogen-bond donors (Lipinski definition) is 2. The molecule has 0 aromatic heterocycles. The van der Waals surface area contributed by atoms with Crippen LogP contribution in [0.5, 0.6) is 0 Å². The van der Waals surface area contributed by atoms with Crippen LogP contribution in [0.15, 0.2) is 24.3 Å². The van der Waals surface area contributed by atoms with Gasteiger partial charge in [0.1, 0.15) is 0 Å². The first-order valence-electron chi connectivity index (χ1n) is 6.89. The number of nitrogens with zero attached hydrogens (tertiary/aromatic N) is 1. The maximum Gasteiger partial charge on any atom is 0.237 e. The van der Waals surface area contributed by atoms with Crippen LogP contribution in [0, 0.1) is 0 Å². The van der Waals surface area contributed by atoms with E-state index < -0.39 is 0 Å². The van der Waals surface area contributed by atoms with E-state index in [2.05, 4.69) is 47.8 Å². The van der Waals surface area contributed by atoms with Gasteiger partial charge in [0.25, 0.3) is 0 Å². The summed E-state index contributed by atoms with van der Waals surface area (Å²) in [6, 6.07) is 8.38. The predicted octanol–water partition coefficient (Wildman–Crippen LogP) is 1.96. The van der Waals surface area contributed by atoms with Crippen LogP contribution in [-0.4, -0.2) is 37.5 Å². The Morgan fingerprint density at radius 3 is 2.67 bits per heavy atom. The Hall–Kier alpha value is -0.810. The minimum absolute atomic E-state index is 0. The average Bonchev–Trinajstić information content (AvgIpc) is 2.89. The largest absolute Gasteiger partial charge is 0.351 e. The van der Waals surface area contributed by atoms with Gasteiger partial charge in [-0.25, -0.2) is 0 Å². The van der Waals surface area contributed by atoms with Gasteiger partial charge in [-0.2, -0.15) is 0 Å². The first-order valence-corrected chi connectivity index (χ1v) is 6.89. The van der Waals surface area contributed by atoms with Crippen LogP contribution in [0.1, 0.15) is 24.0 Å². The van der Waals surface area contributed by atoms with Crippen molar-refractivity contribution in [3.05, 3.63) is 35.4 Å². The van der Waals surface area contributed by atoms with Crippen molar-refractivity contribution in [2.24, 2.45) is 0 Å². The quantitative estimate of drug-likeness (QED) is 0.865. The molecular weight excluding hydrogens is 309 g/mol. The molecule has 1 aliphatic heterocycles. The van der Waals surface area contributed by atoms with Crippen molar-refractivity contribution in [3.63, 3.8) is 0 Å². The topological polar surface area (TPSA) is 44.4 Å². The first-order chi connectivity index (χ1) is 9.15. The van der Waals surface area contributed by atoms with Gasteiger partial charge in [-0.05, 0) is 44.6 Å². The summed E-state index contributed by atoms with van der Waals surface area (Å²) in [5.74, 6) is 0.121. The van der Waals surface area contributed by atoms with Crippen molar-refractivity contribution >= 4 is 30.7 Å². The van der Waals surface area contributed by atoms with E-state index in [-0.39, 0.29) is 36.8 Å². The highest BCUT2D eigenvalue weighted by Crippen LogP contribution is 2.08. The van der Waals surface area contributed by atoms with Gasteiger partial charge >= 0.3 is 0 Å². The second kappa shape index (κ2) is 10.0. The molecule has 0 aliphatic carbocycles. The number of carbonyl (C=O) groups is 1. The molecule has 6 heteroatoms. The molecule has 1 aliphatic rings. The summed E-state index contributed by atoms with van der Waals surface area (Å²) < 4.78 is 0. The van der Waals surface area contributed by atoms with E-state index in [4.69, 9.17) is 0 Å². The Kier molecular flexibility index (Phi) is 9.62. The minimum Gasteiger partial charge on any atom is -0.351 e. The third-order valence-electron chi connectivity index (χ3n) is 3.33. The van der Waals surface area contributed by atoms with Crippen LogP contribution in [0.4, 0.5) is 0 Å². The molecule has 0 radical (unpaired) electrons. The summed E-state index contributed by atoms with van der Waals surface area (Å²) in [5.41, 5.74) is 2.43. The van der Waals surface area contributed by atoms with Crippen molar-refractivity contribution in [1.29, 1.82) is 0 Å². The van der Waals surface area contributed by atoms with Crippen LogP contribution in [-0.2, 0) is 17.9 Å². The molecule has 120 valence electrons. The Bertz CT molecular complexity index is 435. The fraction of sp³-hybridized carbons (Fsp3) is 0.533. The van der Waals surface area contributed by atoms with Crippen molar-refractivity contribution in [3.8, 4) is 0 Å². The Labute approximate surface area is 139 Å². The third-order valence-corrected chi connectivity index (χ3v) is 3.33. The second-order valence-electron chi connectivity index (χ2n) is 5.42. The maximum atomic E-state index is 11.9. The average molecular weight is 334 g/mol. The number of hydrogen-bond acceptors (Lipinski definition) is 3. The van der Waals surface area contributed by atoms with Gasteiger partial charge in [0.05, 0.1) is 6.04 Å². The number of nitrogens with one attached hydrogen (secondary N) is 2. The lowest BCUT2D eigenvalue weighted by Crippen LogP contribution is -2.40. The van der Waals surface area contributed by atoms with Gasteiger partial charge in [0.15, 0.2) is 0 Å². The molecule has 2 rings (SSSR count). The molecule has 4 nitrogen and oxygen atoms in total. The zero-order valence-electron chi connectivity index (χ0n) is 12.6. The fourth-order valence-corrected chi connectivity index (χ4v) is 2.42. The van der Waals surface area contributed by atoms with Gasteiger partial charge in [0, 0.05) is 13.1 Å². The summed E-state index contributed by atoms with van der Waals surface area (Å²) in [5, 5.41) is 6.22. The van der Waals surface area contributed by atoms with E-state index in [0.29, 0.717) is 6.54 Å². The Morgan fingerprint density at radius 2 is 2.05 bits per heavy atom.